The normalized spacial score (nSPS) is 12.3. The number of benzene rings is 2. The summed E-state index contributed by atoms with van der Waals surface area (Å²) in [6, 6.07) is 12.9. The van der Waals surface area contributed by atoms with Crippen LogP contribution in [-0.4, -0.2) is 12.0 Å². The maximum atomic E-state index is 13.1. The van der Waals surface area contributed by atoms with Crippen LogP contribution in [0.5, 0.6) is 0 Å². The van der Waals surface area contributed by atoms with Gasteiger partial charge in [0.25, 0.3) is 0 Å². The van der Waals surface area contributed by atoms with Gasteiger partial charge in [-0.2, -0.15) is 13.2 Å². The molecule has 0 aliphatic rings. The molecule has 0 heterocycles. The molecule has 2 rings (SSSR count). The van der Waals surface area contributed by atoms with E-state index < -0.39 is 17.5 Å². The van der Waals surface area contributed by atoms with E-state index in [1.54, 1.807) is 6.07 Å². The fourth-order valence-electron chi connectivity index (χ4n) is 1.78. The third-order valence-electron chi connectivity index (χ3n) is 2.79. The van der Waals surface area contributed by atoms with Gasteiger partial charge in [0.15, 0.2) is 5.78 Å². The van der Waals surface area contributed by atoms with Gasteiger partial charge in [-0.25, -0.2) is 0 Å². The molecule has 0 bridgehead atoms. The summed E-state index contributed by atoms with van der Waals surface area (Å²) in [5.74, 6) is -0.720. The van der Waals surface area contributed by atoms with Gasteiger partial charge in [-0.15, -0.1) is 0 Å². The monoisotopic (exact) mass is 310 g/mol. The molecule has 0 aliphatic heterocycles. The Morgan fingerprint density at radius 2 is 1.48 bits per heavy atom. The highest BCUT2D eigenvalue weighted by Crippen LogP contribution is 2.34. The summed E-state index contributed by atoms with van der Waals surface area (Å²) in [7, 11) is 0. The molecule has 2 aromatic carbocycles. The summed E-state index contributed by atoms with van der Waals surface area (Å²) >= 11 is 5.68. The van der Waals surface area contributed by atoms with Crippen molar-refractivity contribution in [1.29, 1.82) is 0 Å². The quantitative estimate of drug-likeness (QED) is 0.564. The van der Waals surface area contributed by atoms with Gasteiger partial charge in [0.2, 0.25) is 0 Å². The van der Waals surface area contributed by atoms with Crippen LogP contribution in [0, 0.1) is 0 Å². The third kappa shape index (κ3) is 3.95. The van der Waals surface area contributed by atoms with Gasteiger partial charge < -0.3 is 0 Å². The van der Waals surface area contributed by atoms with Crippen LogP contribution in [-0.2, 0) is 0 Å². The van der Waals surface area contributed by atoms with Crippen molar-refractivity contribution in [2.45, 2.75) is 6.18 Å². The molecule has 0 saturated carbocycles. The molecule has 0 amide bonds. The van der Waals surface area contributed by atoms with Crippen molar-refractivity contribution in [3.05, 3.63) is 76.8 Å². The van der Waals surface area contributed by atoms with Crippen molar-refractivity contribution < 1.29 is 18.0 Å². The summed E-state index contributed by atoms with van der Waals surface area (Å²) in [6.07, 6.45) is -4.00. The molecule has 0 aromatic heterocycles. The Kier molecular flexibility index (Phi) is 4.48. The summed E-state index contributed by atoms with van der Waals surface area (Å²) in [4.78, 5) is 12.0. The van der Waals surface area contributed by atoms with Crippen LogP contribution in [0.1, 0.15) is 15.9 Å². The predicted octanol–water partition coefficient (Wildman–Crippen LogP) is 5.17. The Bertz CT molecular complexity index is 658. The van der Waals surface area contributed by atoms with Crippen molar-refractivity contribution in [3.8, 4) is 0 Å². The number of hydrogen-bond acceptors (Lipinski definition) is 1. The summed E-state index contributed by atoms with van der Waals surface area (Å²) < 4.78 is 39.3. The number of ketones is 1. The first-order valence-electron chi connectivity index (χ1n) is 6.02. The molecule has 0 atom stereocenters. The second kappa shape index (κ2) is 6.14. The number of allylic oxidation sites excluding steroid dienone is 2. The van der Waals surface area contributed by atoms with Crippen LogP contribution in [0.15, 0.2) is 60.7 Å². The molecule has 0 unspecified atom stereocenters. The number of rotatable bonds is 3. The highest BCUT2D eigenvalue weighted by Gasteiger charge is 2.35. The smallest absolute Gasteiger partial charge is 0.289 e. The van der Waals surface area contributed by atoms with Crippen molar-refractivity contribution >= 4 is 23.0 Å². The zero-order valence-corrected chi connectivity index (χ0v) is 11.4. The molecule has 21 heavy (non-hydrogen) atoms. The lowest BCUT2D eigenvalue weighted by atomic mass is 10.0. The third-order valence-corrected chi connectivity index (χ3v) is 3.05. The van der Waals surface area contributed by atoms with Gasteiger partial charge in [-0.05, 0) is 35.9 Å². The topological polar surface area (TPSA) is 17.1 Å². The van der Waals surface area contributed by atoms with E-state index in [1.807, 2.05) is 0 Å². The van der Waals surface area contributed by atoms with E-state index in [0.29, 0.717) is 11.1 Å². The van der Waals surface area contributed by atoms with Crippen LogP contribution >= 0.6 is 11.6 Å². The van der Waals surface area contributed by atoms with Crippen LogP contribution < -0.4 is 0 Å². The number of alkyl halides is 3. The number of hydrogen-bond donors (Lipinski definition) is 0. The largest absolute Gasteiger partial charge is 0.417 e. The predicted molar refractivity (Wildman–Crippen MR) is 76.3 cm³/mol. The minimum atomic E-state index is -4.61. The minimum absolute atomic E-state index is 0.0488. The lowest BCUT2D eigenvalue weighted by Crippen LogP contribution is -2.12. The van der Waals surface area contributed by atoms with E-state index in [2.05, 4.69) is 0 Å². The molecular formula is C16H10ClF3O. The molecule has 0 aliphatic carbocycles. The Balaban J connectivity index is 2.42. The highest BCUT2D eigenvalue weighted by molar-refractivity contribution is 6.30. The van der Waals surface area contributed by atoms with Crippen LogP contribution in [0.2, 0.25) is 5.02 Å². The minimum Gasteiger partial charge on any atom is -0.289 e. The van der Waals surface area contributed by atoms with E-state index in [-0.39, 0.29) is 11.1 Å². The van der Waals surface area contributed by atoms with Crippen molar-refractivity contribution in [1.82, 2.24) is 0 Å². The van der Waals surface area contributed by atoms with Crippen LogP contribution in [0.4, 0.5) is 13.2 Å². The molecule has 2 aromatic rings. The molecule has 0 saturated heterocycles. The van der Waals surface area contributed by atoms with Crippen LogP contribution in [0.3, 0.4) is 0 Å². The standard InChI is InChI=1S/C16H10ClF3O/c17-13-8-6-12(7-9-13)15(21)10-14(16(18,19)20)11-4-2-1-3-5-11/h1-10H/b14-10-. The van der Waals surface area contributed by atoms with Crippen molar-refractivity contribution in [2.24, 2.45) is 0 Å². The number of carbonyl (C=O) groups is 1. The summed E-state index contributed by atoms with van der Waals surface area (Å²) in [5.41, 5.74) is -0.868. The average Bonchev–Trinajstić information content (AvgIpc) is 2.45. The Hall–Kier alpha value is -2.07. The fraction of sp³-hybridized carbons (Fsp3) is 0.0625. The molecule has 0 radical (unpaired) electrons. The second-order valence-corrected chi connectivity index (χ2v) is 4.73. The zero-order valence-electron chi connectivity index (χ0n) is 10.7. The van der Waals surface area contributed by atoms with Gasteiger partial charge in [0.05, 0.1) is 5.57 Å². The Labute approximate surface area is 124 Å². The molecular weight excluding hydrogens is 301 g/mol. The summed E-state index contributed by atoms with van der Waals surface area (Å²) in [5, 5.41) is 0.412. The lowest BCUT2D eigenvalue weighted by molar-refractivity contribution is -0.0689. The van der Waals surface area contributed by atoms with E-state index in [9.17, 15) is 18.0 Å². The van der Waals surface area contributed by atoms with Gasteiger partial charge in [-0.3, -0.25) is 4.79 Å². The first-order valence-corrected chi connectivity index (χ1v) is 6.40. The lowest BCUT2D eigenvalue weighted by Gasteiger charge is -2.11. The van der Waals surface area contributed by atoms with Gasteiger partial charge in [-0.1, -0.05) is 41.9 Å². The Morgan fingerprint density at radius 3 is 2.00 bits per heavy atom. The Morgan fingerprint density at radius 1 is 0.905 bits per heavy atom. The fourth-order valence-corrected chi connectivity index (χ4v) is 1.90. The highest BCUT2D eigenvalue weighted by atomic mass is 35.5. The van der Waals surface area contributed by atoms with Crippen molar-refractivity contribution in [2.75, 3.05) is 0 Å². The van der Waals surface area contributed by atoms with Gasteiger partial charge in [0.1, 0.15) is 0 Å². The molecule has 1 nitrogen and oxygen atoms in total. The van der Waals surface area contributed by atoms with Crippen LogP contribution in [0.25, 0.3) is 5.57 Å². The first-order chi connectivity index (χ1) is 9.88. The second-order valence-electron chi connectivity index (χ2n) is 4.29. The molecule has 108 valence electrons. The maximum absolute atomic E-state index is 13.1. The molecule has 0 spiro atoms. The summed E-state index contributed by atoms with van der Waals surface area (Å²) in [6.45, 7) is 0. The van der Waals surface area contributed by atoms with Gasteiger partial charge >= 0.3 is 6.18 Å². The number of halogens is 4. The molecule has 0 fully saturated rings. The van der Waals surface area contributed by atoms with E-state index in [0.717, 1.165) is 0 Å². The average molecular weight is 311 g/mol. The maximum Gasteiger partial charge on any atom is 0.417 e. The van der Waals surface area contributed by atoms with E-state index in [1.165, 1.54) is 48.5 Å². The van der Waals surface area contributed by atoms with Crippen molar-refractivity contribution in [3.63, 3.8) is 0 Å². The van der Waals surface area contributed by atoms with E-state index >= 15 is 0 Å². The molecule has 5 heteroatoms. The number of carbonyl (C=O) groups excluding carboxylic acids is 1. The van der Waals surface area contributed by atoms with E-state index in [4.69, 9.17) is 11.6 Å². The van der Waals surface area contributed by atoms with Gasteiger partial charge in [0, 0.05) is 10.6 Å². The first kappa shape index (κ1) is 15.3. The molecule has 0 N–H and O–H groups in total. The SMILES string of the molecule is O=C(/C=C(/c1ccccc1)C(F)(F)F)c1ccc(Cl)cc1. The zero-order chi connectivity index (χ0) is 15.5.